The molecular weight excluding hydrogens is 376 g/mol. The molecule has 0 bridgehead atoms. The van der Waals surface area contributed by atoms with E-state index in [9.17, 15) is 13.2 Å². The Bertz CT molecular complexity index is 946. The number of benzene rings is 2. The second kappa shape index (κ2) is 7.36. The minimum absolute atomic E-state index is 0.0365. The van der Waals surface area contributed by atoms with E-state index in [1.807, 2.05) is 18.2 Å². The number of nitrogens with zero attached hydrogens (tertiary/aromatic N) is 2. The van der Waals surface area contributed by atoms with Gasteiger partial charge >= 0.3 is 0 Å². The number of hydroxylamine groups is 1. The van der Waals surface area contributed by atoms with Crippen LogP contribution in [0.2, 0.25) is 5.02 Å². The van der Waals surface area contributed by atoms with Gasteiger partial charge in [0.15, 0.2) is 0 Å². The standard InChI is InChI=1S/C18H19ClN2O4S/c1-20(25-2)26(23,24)17-11-14(7-8-16(17)19)18(22)21-10-9-13-5-3-4-6-15(13)12-21/h3-8,11H,9-10,12H2,1-2H3. The number of fused-ring (bicyclic) bond motifs is 1. The van der Waals surface area contributed by atoms with E-state index in [0.29, 0.717) is 17.6 Å². The molecule has 0 aromatic heterocycles. The highest BCUT2D eigenvalue weighted by Crippen LogP contribution is 2.27. The molecule has 0 aliphatic carbocycles. The highest BCUT2D eigenvalue weighted by molar-refractivity contribution is 7.89. The average Bonchev–Trinajstić information content (AvgIpc) is 2.66. The van der Waals surface area contributed by atoms with Crippen molar-refractivity contribution in [1.82, 2.24) is 9.37 Å². The molecule has 1 heterocycles. The molecule has 0 fully saturated rings. The predicted octanol–water partition coefficient (Wildman–Crippen LogP) is 2.72. The molecule has 26 heavy (non-hydrogen) atoms. The van der Waals surface area contributed by atoms with Gasteiger partial charge in [0.1, 0.15) is 4.90 Å². The first-order valence-corrected chi connectivity index (χ1v) is 9.85. The summed E-state index contributed by atoms with van der Waals surface area (Å²) in [5.74, 6) is -0.229. The summed E-state index contributed by atoms with van der Waals surface area (Å²) >= 11 is 6.05. The Morgan fingerprint density at radius 2 is 1.88 bits per heavy atom. The van der Waals surface area contributed by atoms with Crippen LogP contribution in [-0.2, 0) is 27.8 Å². The molecule has 0 saturated heterocycles. The van der Waals surface area contributed by atoms with Crippen molar-refractivity contribution >= 4 is 27.5 Å². The van der Waals surface area contributed by atoms with Crippen molar-refractivity contribution in [3.05, 3.63) is 64.2 Å². The fourth-order valence-electron chi connectivity index (χ4n) is 2.92. The minimum Gasteiger partial charge on any atom is -0.334 e. The first-order chi connectivity index (χ1) is 12.3. The molecule has 1 aliphatic rings. The van der Waals surface area contributed by atoms with Crippen LogP contribution in [0.1, 0.15) is 21.5 Å². The number of rotatable bonds is 4. The van der Waals surface area contributed by atoms with Crippen LogP contribution in [0.25, 0.3) is 0 Å². The molecular formula is C18H19ClN2O4S. The van der Waals surface area contributed by atoms with Crippen molar-refractivity contribution in [1.29, 1.82) is 0 Å². The molecule has 0 radical (unpaired) electrons. The van der Waals surface area contributed by atoms with E-state index in [2.05, 4.69) is 6.07 Å². The van der Waals surface area contributed by atoms with E-state index < -0.39 is 10.0 Å². The van der Waals surface area contributed by atoms with Crippen LogP contribution in [0.15, 0.2) is 47.4 Å². The topological polar surface area (TPSA) is 66.9 Å². The smallest absolute Gasteiger partial charge is 0.266 e. The quantitative estimate of drug-likeness (QED) is 0.748. The average molecular weight is 395 g/mol. The first kappa shape index (κ1) is 18.8. The maximum Gasteiger partial charge on any atom is 0.266 e. The van der Waals surface area contributed by atoms with Crippen LogP contribution < -0.4 is 0 Å². The van der Waals surface area contributed by atoms with Crippen LogP contribution in [-0.4, -0.2) is 44.4 Å². The molecule has 0 spiro atoms. The third kappa shape index (κ3) is 3.48. The predicted molar refractivity (Wildman–Crippen MR) is 98.3 cm³/mol. The lowest BCUT2D eigenvalue weighted by Gasteiger charge is -2.29. The Morgan fingerprint density at radius 1 is 1.19 bits per heavy atom. The Kier molecular flexibility index (Phi) is 5.34. The third-order valence-electron chi connectivity index (χ3n) is 4.47. The Hall–Kier alpha value is -1.93. The number of hydrogen-bond donors (Lipinski definition) is 0. The van der Waals surface area contributed by atoms with Crippen molar-refractivity contribution in [3.63, 3.8) is 0 Å². The van der Waals surface area contributed by atoms with Gasteiger partial charge in [-0.1, -0.05) is 40.3 Å². The van der Waals surface area contributed by atoms with E-state index in [1.54, 1.807) is 4.90 Å². The molecule has 2 aromatic rings. The van der Waals surface area contributed by atoms with Gasteiger partial charge < -0.3 is 4.90 Å². The van der Waals surface area contributed by atoms with Crippen molar-refractivity contribution in [2.45, 2.75) is 17.9 Å². The molecule has 1 aliphatic heterocycles. The molecule has 0 atom stereocenters. The summed E-state index contributed by atoms with van der Waals surface area (Å²) in [4.78, 5) is 19.2. The molecule has 138 valence electrons. The third-order valence-corrected chi connectivity index (χ3v) is 6.63. The highest BCUT2D eigenvalue weighted by atomic mass is 35.5. The van der Waals surface area contributed by atoms with Gasteiger partial charge in [-0.2, -0.15) is 0 Å². The van der Waals surface area contributed by atoms with Gasteiger partial charge in [0.05, 0.1) is 12.1 Å². The van der Waals surface area contributed by atoms with Crippen molar-refractivity contribution in [2.75, 3.05) is 20.7 Å². The Balaban J connectivity index is 1.91. The fraction of sp³-hybridized carbons (Fsp3) is 0.278. The molecule has 3 rings (SSSR count). The summed E-state index contributed by atoms with van der Waals surface area (Å²) in [5, 5.41) is 0.0365. The number of sulfonamides is 1. The van der Waals surface area contributed by atoms with Crippen LogP contribution in [0.4, 0.5) is 0 Å². The first-order valence-electron chi connectivity index (χ1n) is 8.03. The van der Waals surface area contributed by atoms with E-state index in [-0.39, 0.29) is 21.4 Å². The lowest BCUT2D eigenvalue weighted by atomic mass is 9.99. The van der Waals surface area contributed by atoms with Crippen molar-refractivity contribution < 1.29 is 18.0 Å². The van der Waals surface area contributed by atoms with Crippen LogP contribution in [0.3, 0.4) is 0 Å². The number of halogens is 1. The number of amides is 1. The highest BCUT2D eigenvalue weighted by Gasteiger charge is 2.27. The molecule has 0 saturated carbocycles. The summed E-state index contributed by atoms with van der Waals surface area (Å²) < 4.78 is 25.7. The zero-order chi connectivity index (χ0) is 18.9. The molecule has 0 unspecified atom stereocenters. The molecule has 8 heteroatoms. The van der Waals surface area contributed by atoms with Gasteiger partial charge in [-0.25, -0.2) is 8.42 Å². The summed E-state index contributed by atoms with van der Waals surface area (Å²) in [6, 6.07) is 12.3. The largest absolute Gasteiger partial charge is 0.334 e. The van der Waals surface area contributed by atoms with Crippen molar-refractivity contribution in [2.24, 2.45) is 0 Å². The lowest BCUT2D eigenvalue weighted by molar-refractivity contribution is -0.0258. The van der Waals surface area contributed by atoms with E-state index >= 15 is 0 Å². The minimum atomic E-state index is -3.95. The number of hydrogen-bond acceptors (Lipinski definition) is 4. The maximum atomic E-state index is 12.9. The molecule has 0 N–H and O–H groups in total. The lowest BCUT2D eigenvalue weighted by Crippen LogP contribution is -2.36. The monoisotopic (exact) mass is 394 g/mol. The maximum absolute atomic E-state index is 12.9. The summed E-state index contributed by atoms with van der Waals surface area (Å²) in [6.45, 7) is 1.08. The normalized spacial score (nSPS) is 14.4. The Labute approximate surface area is 157 Å². The van der Waals surface area contributed by atoms with E-state index in [1.165, 1.54) is 37.9 Å². The number of carbonyl (C=O) groups is 1. The van der Waals surface area contributed by atoms with Gasteiger partial charge in [0, 0.05) is 25.7 Å². The second-order valence-corrected chi connectivity index (χ2v) is 8.30. The zero-order valence-corrected chi connectivity index (χ0v) is 16.0. The van der Waals surface area contributed by atoms with Crippen molar-refractivity contribution in [3.8, 4) is 0 Å². The van der Waals surface area contributed by atoms with Gasteiger partial charge in [-0.3, -0.25) is 9.63 Å². The second-order valence-electron chi connectivity index (χ2n) is 5.99. The zero-order valence-electron chi connectivity index (χ0n) is 14.5. The SMILES string of the molecule is CON(C)S(=O)(=O)c1cc(C(=O)N2CCc3ccccc3C2)ccc1Cl. The van der Waals surface area contributed by atoms with Gasteiger partial charge in [-0.15, -0.1) is 0 Å². The van der Waals surface area contributed by atoms with Crippen LogP contribution in [0.5, 0.6) is 0 Å². The fourth-order valence-corrected chi connectivity index (χ4v) is 4.40. The van der Waals surface area contributed by atoms with E-state index in [0.717, 1.165) is 12.0 Å². The van der Waals surface area contributed by atoms with E-state index in [4.69, 9.17) is 16.4 Å². The summed E-state index contributed by atoms with van der Waals surface area (Å²) in [6.07, 6.45) is 0.771. The molecule has 6 nitrogen and oxygen atoms in total. The Morgan fingerprint density at radius 3 is 2.58 bits per heavy atom. The summed E-state index contributed by atoms with van der Waals surface area (Å²) in [5.41, 5.74) is 2.61. The number of carbonyl (C=O) groups excluding carboxylic acids is 1. The van der Waals surface area contributed by atoms with Crippen LogP contribution >= 0.6 is 11.6 Å². The van der Waals surface area contributed by atoms with Gasteiger partial charge in [0.25, 0.3) is 15.9 Å². The summed E-state index contributed by atoms with van der Waals surface area (Å²) in [7, 11) is -1.44. The molecule has 1 amide bonds. The van der Waals surface area contributed by atoms with Gasteiger partial charge in [-0.05, 0) is 35.7 Å². The molecule has 2 aromatic carbocycles. The van der Waals surface area contributed by atoms with Gasteiger partial charge in [0.2, 0.25) is 0 Å². The van der Waals surface area contributed by atoms with Crippen LogP contribution in [0, 0.1) is 0 Å².